The SMILES string of the molecule is Cc1ccc(-c2csc(C3=C(O)CN(c4cccc(OCc5ccccc5)c4)C3=N)n2)cc1. The molecule has 5 nitrogen and oxygen atoms in total. The first kappa shape index (κ1) is 21.0. The molecule has 0 saturated heterocycles. The predicted molar refractivity (Wildman–Crippen MR) is 134 cm³/mol. The van der Waals surface area contributed by atoms with E-state index in [9.17, 15) is 5.11 Å². The average molecular weight is 454 g/mol. The van der Waals surface area contributed by atoms with E-state index in [4.69, 9.17) is 15.1 Å². The Morgan fingerprint density at radius 2 is 1.82 bits per heavy atom. The number of aryl methyl sites for hydroxylation is 1. The summed E-state index contributed by atoms with van der Waals surface area (Å²) in [6, 6.07) is 25.8. The Bertz CT molecular complexity index is 1330. The topological polar surface area (TPSA) is 69.4 Å². The van der Waals surface area contributed by atoms with Crippen LogP contribution in [0.25, 0.3) is 16.8 Å². The number of hydrogen-bond acceptors (Lipinski definition) is 5. The molecular formula is C27H23N3O2S. The van der Waals surface area contributed by atoms with Crippen molar-refractivity contribution in [1.82, 2.24) is 4.98 Å². The van der Waals surface area contributed by atoms with E-state index in [2.05, 4.69) is 19.1 Å². The minimum Gasteiger partial charge on any atom is -0.510 e. The van der Waals surface area contributed by atoms with Gasteiger partial charge in [0, 0.05) is 22.7 Å². The fraction of sp³-hybridized carbons (Fsp3) is 0.111. The molecule has 3 aromatic carbocycles. The van der Waals surface area contributed by atoms with Gasteiger partial charge in [0.15, 0.2) is 0 Å². The number of aromatic nitrogens is 1. The first-order valence-electron chi connectivity index (χ1n) is 10.7. The van der Waals surface area contributed by atoms with Crippen molar-refractivity contribution in [2.75, 3.05) is 11.4 Å². The van der Waals surface area contributed by atoms with Crippen LogP contribution in [0.5, 0.6) is 5.75 Å². The molecule has 33 heavy (non-hydrogen) atoms. The molecule has 6 heteroatoms. The molecule has 0 unspecified atom stereocenters. The number of benzene rings is 3. The largest absolute Gasteiger partial charge is 0.510 e. The zero-order valence-corrected chi connectivity index (χ0v) is 19.0. The van der Waals surface area contributed by atoms with Crippen LogP contribution < -0.4 is 9.64 Å². The summed E-state index contributed by atoms with van der Waals surface area (Å²) in [5, 5.41) is 22.1. The molecule has 2 heterocycles. The number of hydrogen-bond donors (Lipinski definition) is 2. The van der Waals surface area contributed by atoms with Crippen molar-refractivity contribution >= 4 is 28.4 Å². The molecule has 1 aliphatic rings. The Balaban J connectivity index is 1.34. The van der Waals surface area contributed by atoms with E-state index in [1.165, 1.54) is 16.9 Å². The molecule has 0 bridgehead atoms. The van der Waals surface area contributed by atoms with Crippen LogP contribution in [-0.4, -0.2) is 22.5 Å². The summed E-state index contributed by atoms with van der Waals surface area (Å²) in [7, 11) is 0. The number of nitrogens with zero attached hydrogens (tertiary/aromatic N) is 2. The zero-order chi connectivity index (χ0) is 22.8. The van der Waals surface area contributed by atoms with Gasteiger partial charge in [-0.1, -0.05) is 66.2 Å². The Hall–Kier alpha value is -3.90. The number of anilines is 1. The van der Waals surface area contributed by atoms with E-state index >= 15 is 0 Å². The van der Waals surface area contributed by atoms with Gasteiger partial charge in [-0.05, 0) is 24.6 Å². The molecule has 0 amide bonds. The predicted octanol–water partition coefficient (Wildman–Crippen LogP) is 6.46. The molecule has 0 aliphatic carbocycles. The van der Waals surface area contributed by atoms with Gasteiger partial charge in [0.05, 0.1) is 17.8 Å². The van der Waals surface area contributed by atoms with Crippen LogP contribution in [0.3, 0.4) is 0 Å². The van der Waals surface area contributed by atoms with Crippen molar-refractivity contribution in [3.63, 3.8) is 0 Å². The van der Waals surface area contributed by atoms with E-state index in [0.717, 1.165) is 22.5 Å². The number of nitrogens with one attached hydrogen (secondary N) is 1. The second-order valence-electron chi connectivity index (χ2n) is 7.93. The molecule has 164 valence electrons. The molecular weight excluding hydrogens is 430 g/mol. The van der Waals surface area contributed by atoms with Gasteiger partial charge in [-0.15, -0.1) is 11.3 Å². The summed E-state index contributed by atoms with van der Waals surface area (Å²) in [4.78, 5) is 6.48. The summed E-state index contributed by atoms with van der Waals surface area (Å²) >= 11 is 1.44. The first-order valence-corrected chi connectivity index (χ1v) is 11.5. The van der Waals surface area contributed by atoms with Crippen molar-refractivity contribution in [2.24, 2.45) is 0 Å². The fourth-order valence-electron chi connectivity index (χ4n) is 3.75. The fourth-order valence-corrected chi connectivity index (χ4v) is 4.65. The van der Waals surface area contributed by atoms with Gasteiger partial charge in [0.1, 0.15) is 29.0 Å². The van der Waals surface area contributed by atoms with Gasteiger partial charge >= 0.3 is 0 Å². The van der Waals surface area contributed by atoms with E-state index in [0.29, 0.717) is 22.9 Å². The van der Waals surface area contributed by atoms with E-state index in [1.807, 2.05) is 72.1 Å². The van der Waals surface area contributed by atoms with Crippen molar-refractivity contribution in [1.29, 1.82) is 5.41 Å². The van der Waals surface area contributed by atoms with Gasteiger partial charge in [-0.3, -0.25) is 5.41 Å². The first-order chi connectivity index (χ1) is 16.1. The lowest BCUT2D eigenvalue weighted by molar-refractivity contribution is 0.306. The lowest BCUT2D eigenvalue weighted by Crippen LogP contribution is -2.26. The molecule has 0 fully saturated rings. The van der Waals surface area contributed by atoms with Crippen molar-refractivity contribution < 1.29 is 9.84 Å². The van der Waals surface area contributed by atoms with Gasteiger partial charge in [-0.2, -0.15) is 0 Å². The maximum absolute atomic E-state index is 10.7. The number of rotatable bonds is 6. The molecule has 0 atom stereocenters. The van der Waals surface area contributed by atoms with Crippen molar-refractivity contribution in [3.8, 4) is 17.0 Å². The molecule has 0 spiro atoms. The summed E-state index contributed by atoms with van der Waals surface area (Å²) < 4.78 is 5.94. The average Bonchev–Trinajstić information content (AvgIpc) is 3.43. The Morgan fingerprint density at radius 1 is 1.03 bits per heavy atom. The van der Waals surface area contributed by atoms with Gasteiger partial charge < -0.3 is 14.7 Å². The third-order valence-corrected chi connectivity index (χ3v) is 6.41. The molecule has 4 aromatic rings. The van der Waals surface area contributed by atoms with Crippen LogP contribution >= 0.6 is 11.3 Å². The third kappa shape index (κ3) is 4.38. The van der Waals surface area contributed by atoms with Crippen LogP contribution in [0.4, 0.5) is 5.69 Å². The summed E-state index contributed by atoms with van der Waals surface area (Å²) in [6.07, 6.45) is 0. The highest BCUT2D eigenvalue weighted by Gasteiger charge is 2.31. The second-order valence-corrected chi connectivity index (χ2v) is 8.79. The second kappa shape index (κ2) is 8.92. The van der Waals surface area contributed by atoms with Crippen LogP contribution in [0, 0.1) is 12.3 Å². The zero-order valence-electron chi connectivity index (χ0n) is 18.2. The minimum atomic E-state index is 0.153. The Labute approximate surface area is 196 Å². The highest BCUT2D eigenvalue weighted by atomic mass is 32.1. The van der Waals surface area contributed by atoms with E-state index in [-0.39, 0.29) is 18.1 Å². The number of aliphatic hydroxyl groups is 1. The number of amidine groups is 1. The number of aliphatic hydroxyl groups excluding tert-OH is 1. The highest BCUT2D eigenvalue weighted by Crippen LogP contribution is 2.35. The minimum absolute atomic E-state index is 0.153. The lowest BCUT2D eigenvalue weighted by Gasteiger charge is -2.19. The molecule has 0 saturated carbocycles. The van der Waals surface area contributed by atoms with E-state index in [1.54, 1.807) is 4.90 Å². The molecule has 2 N–H and O–H groups in total. The number of ether oxygens (including phenoxy) is 1. The standard InChI is InChI=1S/C27H23N3O2S/c1-18-10-12-20(13-11-18)23-17-33-27(29-23)25-24(31)15-30(26(25)28)21-8-5-9-22(14-21)32-16-19-6-3-2-4-7-19/h2-14,17,28,31H,15-16H2,1H3. The van der Waals surface area contributed by atoms with Gasteiger partial charge in [0.2, 0.25) is 0 Å². The molecule has 1 aromatic heterocycles. The summed E-state index contributed by atoms with van der Waals surface area (Å²) in [5.74, 6) is 1.10. The molecule has 0 radical (unpaired) electrons. The third-order valence-electron chi connectivity index (χ3n) is 5.55. The van der Waals surface area contributed by atoms with Crippen LogP contribution in [0.2, 0.25) is 0 Å². The van der Waals surface area contributed by atoms with Crippen LogP contribution in [0.1, 0.15) is 16.1 Å². The Morgan fingerprint density at radius 3 is 2.61 bits per heavy atom. The summed E-state index contributed by atoms with van der Waals surface area (Å²) in [6.45, 7) is 2.75. The molecule has 1 aliphatic heterocycles. The monoisotopic (exact) mass is 453 g/mol. The summed E-state index contributed by atoms with van der Waals surface area (Å²) in [5.41, 5.74) is 5.42. The van der Waals surface area contributed by atoms with Crippen molar-refractivity contribution in [2.45, 2.75) is 13.5 Å². The van der Waals surface area contributed by atoms with Gasteiger partial charge in [0.25, 0.3) is 0 Å². The van der Waals surface area contributed by atoms with Gasteiger partial charge in [-0.25, -0.2) is 4.98 Å². The highest BCUT2D eigenvalue weighted by molar-refractivity contribution is 7.11. The van der Waals surface area contributed by atoms with Crippen LogP contribution in [-0.2, 0) is 6.61 Å². The van der Waals surface area contributed by atoms with Crippen molar-refractivity contribution in [3.05, 3.63) is 106 Å². The number of thiazole rings is 1. The normalized spacial score (nSPS) is 13.6. The lowest BCUT2D eigenvalue weighted by atomic mass is 10.1. The van der Waals surface area contributed by atoms with E-state index < -0.39 is 0 Å². The maximum Gasteiger partial charge on any atom is 0.139 e. The molecule has 5 rings (SSSR count). The smallest absolute Gasteiger partial charge is 0.139 e. The van der Waals surface area contributed by atoms with Crippen LogP contribution in [0.15, 0.2) is 90.0 Å². The maximum atomic E-state index is 10.7. The Kier molecular flexibility index (Phi) is 5.67. The quantitative estimate of drug-likeness (QED) is 0.351.